The van der Waals surface area contributed by atoms with Gasteiger partial charge in [-0.15, -0.1) is 0 Å². The van der Waals surface area contributed by atoms with E-state index < -0.39 is 0 Å². The van der Waals surface area contributed by atoms with Gasteiger partial charge in [-0.25, -0.2) is 0 Å². The van der Waals surface area contributed by atoms with Gasteiger partial charge in [0, 0.05) is 15.8 Å². The maximum absolute atomic E-state index is 12.5. The Labute approximate surface area is 133 Å². The molecule has 2 rings (SSSR count). The van der Waals surface area contributed by atoms with Crippen LogP contribution >= 0.6 is 15.9 Å². The molecule has 21 heavy (non-hydrogen) atoms. The second-order valence-corrected chi connectivity index (χ2v) is 6.90. The molecule has 3 nitrogen and oxygen atoms in total. The second-order valence-electron chi connectivity index (χ2n) is 5.98. The van der Waals surface area contributed by atoms with Crippen LogP contribution in [0.3, 0.4) is 0 Å². The molecule has 0 bridgehead atoms. The number of rotatable bonds is 2. The first-order valence-electron chi connectivity index (χ1n) is 6.75. The van der Waals surface area contributed by atoms with Crippen LogP contribution in [0.5, 0.6) is 0 Å². The minimum absolute atomic E-state index is 0.0489. The summed E-state index contributed by atoms with van der Waals surface area (Å²) in [5.74, 6) is -0.203. The van der Waals surface area contributed by atoms with Gasteiger partial charge in [-0.3, -0.25) is 4.79 Å². The Hall–Kier alpha value is -1.81. The zero-order chi connectivity index (χ0) is 15.6. The van der Waals surface area contributed by atoms with E-state index in [9.17, 15) is 4.79 Å². The van der Waals surface area contributed by atoms with Crippen molar-refractivity contribution in [2.24, 2.45) is 0 Å². The molecule has 0 atom stereocenters. The molecule has 0 saturated heterocycles. The van der Waals surface area contributed by atoms with Crippen LogP contribution < -0.4 is 11.1 Å². The number of hydrogen-bond donors (Lipinski definition) is 2. The van der Waals surface area contributed by atoms with E-state index in [0.717, 1.165) is 15.7 Å². The van der Waals surface area contributed by atoms with Gasteiger partial charge in [0.15, 0.2) is 0 Å². The van der Waals surface area contributed by atoms with E-state index in [0.29, 0.717) is 11.3 Å². The second kappa shape index (κ2) is 5.90. The van der Waals surface area contributed by atoms with Gasteiger partial charge < -0.3 is 11.1 Å². The molecule has 0 aliphatic heterocycles. The van der Waals surface area contributed by atoms with E-state index in [2.05, 4.69) is 42.0 Å². The zero-order valence-corrected chi connectivity index (χ0v) is 14.0. The van der Waals surface area contributed by atoms with Gasteiger partial charge in [-0.2, -0.15) is 0 Å². The molecule has 2 aromatic carbocycles. The fourth-order valence-electron chi connectivity index (χ4n) is 2.16. The lowest BCUT2D eigenvalue weighted by Crippen LogP contribution is -2.19. The van der Waals surface area contributed by atoms with Gasteiger partial charge >= 0.3 is 0 Å². The Morgan fingerprint density at radius 2 is 1.81 bits per heavy atom. The number of halogens is 1. The fourth-order valence-corrected chi connectivity index (χ4v) is 2.52. The van der Waals surface area contributed by atoms with Crippen LogP contribution in [-0.4, -0.2) is 5.91 Å². The molecule has 0 fully saturated rings. The predicted octanol–water partition coefficient (Wildman–Crippen LogP) is 4.58. The summed E-state index contributed by atoms with van der Waals surface area (Å²) in [5.41, 5.74) is 8.67. The molecule has 0 radical (unpaired) electrons. The van der Waals surface area contributed by atoms with Crippen LogP contribution in [0.25, 0.3) is 0 Å². The molecule has 2 aromatic rings. The van der Waals surface area contributed by atoms with Gasteiger partial charge in [-0.05, 0) is 35.2 Å². The van der Waals surface area contributed by atoms with E-state index in [1.54, 1.807) is 12.1 Å². The topological polar surface area (TPSA) is 55.1 Å². The summed E-state index contributed by atoms with van der Waals surface area (Å²) >= 11 is 3.36. The largest absolute Gasteiger partial charge is 0.398 e. The van der Waals surface area contributed by atoms with Crippen LogP contribution in [0, 0.1) is 0 Å². The van der Waals surface area contributed by atoms with Crippen LogP contribution in [0.2, 0.25) is 0 Å². The van der Waals surface area contributed by atoms with Crippen molar-refractivity contribution < 1.29 is 4.79 Å². The highest BCUT2D eigenvalue weighted by Crippen LogP contribution is 2.30. The van der Waals surface area contributed by atoms with Gasteiger partial charge in [-0.1, -0.05) is 54.9 Å². The van der Waals surface area contributed by atoms with E-state index >= 15 is 0 Å². The highest BCUT2D eigenvalue weighted by molar-refractivity contribution is 9.10. The molecule has 0 aromatic heterocycles. The van der Waals surface area contributed by atoms with Crippen molar-refractivity contribution in [2.75, 3.05) is 11.1 Å². The fraction of sp³-hybridized carbons (Fsp3) is 0.235. The molecule has 0 unspecified atom stereocenters. The molecule has 1 amide bonds. The zero-order valence-electron chi connectivity index (χ0n) is 12.4. The van der Waals surface area contributed by atoms with Crippen LogP contribution in [-0.2, 0) is 5.41 Å². The van der Waals surface area contributed by atoms with E-state index in [1.807, 2.05) is 30.3 Å². The number of anilines is 2. The summed E-state index contributed by atoms with van der Waals surface area (Å²) in [6.45, 7) is 6.35. The minimum atomic E-state index is -0.203. The number of carbonyl (C=O) groups excluding carboxylic acids is 1. The minimum Gasteiger partial charge on any atom is -0.398 e. The normalized spacial score (nSPS) is 11.2. The molecule has 4 heteroatoms. The summed E-state index contributed by atoms with van der Waals surface area (Å²) in [6.07, 6.45) is 0. The third-order valence-electron chi connectivity index (χ3n) is 3.24. The summed E-state index contributed by atoms with van der Waals surface area (Å²) < 4.78 is 0.825. The number of benzene rings is 2. The number of para-hydroxylation sites is 1. The Kier molecular flexibility index (Phi) is 4.37. The molecule has 3 N–H and O–H groups in total. The summed E-state index contributed by atoms with van der Waals surface area (Å²) in [5, 5.41) is 2.96. The van der Waals surface area contributed by atoms with Crippen molar-refractivity contribution in [2.45, 2.75) is 26.2 Å². The Morgan fingerprint density at radius 1 is 1.14 bits per heavy atom. The van der Waals surface area contributed by atoms with E-state index in [1.165, 1.54) is 0 Å². The quantitative estimate of drug-likeness (QED) is 0.781. The molecule has 0 heterocycles. The number of nitrogens with one attached hydrogen (secondary N) is 1. The lowest BCUT2D eigenvalue weighted by molar-refractivity contribution is 0.102. The lowest BCUT2D eigenvalue weighted by Gasteiger charge is -2.23. The maximum atomic E-state index is 12.5. The van der Waals surface area contributed by atoms with Crippen molar-refractivity contribution in [3.05, 3.63) is 58.1 Å². The first kappa shape index (κ1) is 15.6. The van der Waals surface area contributed by atoms with Crippen LogP contribution in [0.4, 0.5) is 11.4 Å². The van der Waals surface area contributed by atoms with E-state index in [4.69, 9.17) is 5.73 Å². The maximum Gasteiger partial charge on any atom is 0.257 e. The SMILES string of the molecule is CC(C)(C)c1ccccc1NC(=O)c1cc(Br)ccc1N. The number of amides is 1. The van der Waals surface area contributed by atoms with Crippen molar-refractivity contribution in [1.29, 1.82) is 0 Å². The summed E-state index contributed by atoms with van der Waals surface area (Å²) in [6, 6.07) is 13.1. The number of hydrogen-bond acceptors (Lipinski definition) is 2. The molecular weight excluding hydrogens is 328 g/mol. The summed E-state index contributed by atoms with van der Waals surface area (Å²) in [7, 11) is 0. The van der Waals surface area contributed by atoms with Crippen molar-refractivity contribution in [3.8, 4) is 0 Å². The van der Waals surface area contributed by atoms with Gasteiger partial charge in [0.2, 0.25) is 0 Å². The first-order valence-corrected chi connectivity index (χ1v) is 7.54. The Bertz CT molecular complexity index is 675. The average molecular weight is 347 g/mol. The summed E-state index contributed by atoms with van der Waals surface area (Å²) in [4.78, 5) is 12.5. The van der Waals surface area contributed by atoms with Crippen LogP contribution in [0.15, 0.2) is 46.9 Å². The molecule has 0 saturated carbocycles. The third-order valence-corrected chi connectivity index (χ3v) is 3.74. The molecule has 110 valence electrons. The molecule has 0 aliphatic rings. The number of carbonyl (C=O) groups is 1. The molecule has 0 aliphatic carbocycles. The number of nitrogen functional groups attached to an aromatic ring is 1. The highest BCUT2D eigenvalue weighted by atomic mass is 79.9. The monoisotopic (exact) mass is 346 g/mol. The molecular formula is C17H19BrN2O. The van der Waals surface area contributed by atoms with Gasteiger partial charge in [0.1, 0.15) is 0 Å². The van der Waals surface area contributed by atoms with Crippen LogP contribution in [0.1, 0.15) is 36.7 Å². The molecule has 0 spiro atoms. The average Bonchev–Trinajstić information content (AvgIpc) is 2.41. The van der Waals surface area contributed by atoms with E-state index in [-0.39, 0.29) is 11.3 Å². The van der Waals surface area contributed by atoms with Crippen molar-refractivity contribution >= 4 is 33.2 Å². The Morgan fingerprint density at radius 3 is 2.48 bits per heavy atom. The highest BCUT2D eigenvalue weighted by Gasteiger charge is 2.19. The van der Waals surface area contributed by atoms with Gasteiger partial charge in [0.05, 0.1) is 5.56 Å². The standard InChI is InChI=1S/C17H19BrN2O/c1-17(2,3)13-6-4-5-7-15(13)20-16(21)12-10-11(18)8-9-14(12)19/h4-10H,19H2,1-3H3,(H,20,21). The lowest BCUT2D eigenvalue weighted by atomic mass is 9.86. The van der Waals surface area contributed by atoms with Gasteiger partial charge in [0.25, 0.3) is 5.91 Å². The Balaban J connectivity index is 2.35. The predicted molar refractivity (Wildman–Crippen MR) is 91.6 cm³/mol. The third kappa shape index (κ3) is 3.64. The number of nitrogens with two attached hydrogens (primary N) is 1. The first-order chi connectivity index (χ1) is 9.79. The van der Waals surface area contributed by atoms with Crippen molar-refractivity contribution in [1.82, 2.24) is 0 Å². The van der Waals surface area contributed by atoms with Crippen molar-refractivity contribution in [3.63, 3.8) is 0 Å². The smallest absolute Gasteiger partial charge is 0.257 e.